The highest BCUT2D eigenvalue weighted by Gasteiger charge is 2.31. The number of ketones is 1. The van der Waals surface area contributed by atoms with Gasteiger partial charge in [-0.05, 0) is 25.5 Å². The standard InChI is InChI=1S/C11H13F2NO/c1-3-11(2,14)10(15)9-7(12)5-4-6-8(9)13/h4-6H,3,14H2,1-2H3. The molecule has 15 heavy (non-hydrogen) atoms. The Morgan fingerprint density at radius 1 is 1.40 bits per heavy atom. The van der Waals surface area contributed by atoms with Crippen molar-refractivity contribution in [2.24, 2.45) is 5.73 Å². The lowest BCUT2D eigenvalue weighted by Gasteiger charge is -2.21. The second-order valence-electron chi connectivity index (χ2n) is 3.70. The molecule has 2 nitrogen and oxygen atoms in total. The maximum absolute atomic E-state index is 13.3. The number of carbonyl (C=O) groups excluding carboxylic acids is 1. The summed E-state index contributed by atoms with van der Waals surface area (Å²) in [5, 5.41) is 0. The number of rotatable bonds is 3. The van der Waals surface area contributed by atoms with Gasteiger partial charge in [-0.2, -0.15) is 0 Å². The van der Waals surface area contributed by atoms with Crippen molar-refractivity contribution in [3.05, 3.63) is 35.4 Å². The van der Waals surface area contributed by atoms with Gasteiger partial charge in [0.15, 0.2) is 5.78 Å². The molecule has 0 bridgehead atoms. The van der Waals surface area contributed by atoms with E-state index in [-0.39, 0.29) is 0 Å². The van der Waals surface area contributed by atoms with Crippen LogP contribution in [0.15, 0.2) is 18.2 Å². The second kappa shape index (κ2) is 4.06. The molecule has 1 rings (SSSR count). The summed E-state index contributed by atoms with van der Waals surface area (Å²) < 4.78 is 26.5. The van der Waals surface area contributed by atoms with Crippen LogP contribution in [-0.4, -0.2) is 11.3 Å². The summed E-state index contributed by atoms with van der Waals surface area (Å²) >= 11 is 0. The average molecular weight is 213 g/mol. The fourth-order valence-corrected chi connectivity index (χ4v) is 1.16. The molecule has 0 amide bonds. The van der Waals surface area contributed by atoms with Gasteiger partial charge in [0.2, 0.25) is 0 Å². The highest BCUT2D eigenvalue weighted by atomic mass is 19.1. The molecule has 0 radical (unpaired) electrons. The zero-order valence-corrected chi connectivity index (χ0v) is 8.68. The highest BCUT2D eigenvalue weighted by Crippen LogP contribution is 2.19. The molecule has 0 fully saturated rings. The van der Waals surface area contributed by atoms with E-state index in [4.69, 9.17) is 5.73 Å². The molecule has 1 unspecified atom stereocenters. The normalized spacial score (nSPS) is 14.7. The summed E-state index contributed by atoms with van der Waals surface area (Å²) in [5.41, 5.74) is 3.86. The van der Waals surface area contributed by atoms with Gasteiger partial charge >= 0.3 is 0 Å². The van der Waals surface area contributed by atoms with Gasteiger partial charge in [0, 0.05) is 0 Å². The maximum atomic E-state index is 13.3. The van der Waals surface area contributed by atoms with Crippen LogP contribution in [-0.2, 0) is 0 Å². The molecule has 4 heteroatoms. The maximum Gasteiger partial charge on any atom is 0.188 e. The van der Waals surface area contributed by atoms with Gasteiger partial charge in [0.1, 0.15) is 11.6 Å². The van der Waals surface area contributed by atoms with Crippen LogP contribution in [0.4, 0.5) is 8.78 Å². The van der Waals surface area contributed by atoms with Gasteiger partial charge in [-0.3, -0.25) is 4.79 Å². The Labute approximate surface area is 87.1 Å². The lowest BCUT2D eigenvalue weighted by Crippen LogP contribution is -2.44. The number of carbonyl (C=O) groups is 1. The summed E-state index contributed by atoms with van der Waals surface area (Å²) in [5.74, 6) is -2.45. The zero-order valence-electron chi connectivity index (χ0n) is 8.68. The summed E-state index contributed by atoms with van der Waals surface area (Å²) in [7, 11) is 0. The second-order valence-corrected chi connectivity index (χ2v) is 3.70. The Hall–Kier alpha value is -1.29. The van der Waals surface area contributed by atoms with Crippen LogP contribution in [0.1, 0.15) is 30.6 Å². The number of hydrogen-bond acceptors (Lipinski definition) is 2. The van der Waals surface area contributed by atoms with E-state index >= 15 is 0 Å². The summed E-state index contributed by atoms with van der Waals surface area (Å²) in [4.78, 5) is 11.7. The van der Waals surface area contributed by atoms with Crippen molar-refractivity contribution in [2.45, 2.75) is 25.8 Å². The minimum atomic E-state index is -1.23. The lowest BCUT2D eigenvalue weighted by atomic mass is 9.89. The van der Waals surface area contributed by atoms with Crippen molar-refractivity contribution in [1.82, 2.24) is 0 Å². The summed E-state index contributed by atoms with van der Waals surface area (Å²) in [6.45, 7) is 3.15. The Bertz CT molecular complexity index is 368. The Morgan fingerprint density at radius 2 is 1.87 bits per heavy atom. The molecule has 0 saturated heterocycles. The zero-order chi connectivity index (χ0) is 11.6. The minimum Gasteiger partial charge on any atom is -0.319 e. The molecule has 0 aliphatic rings. The van der Waals surface area contributed by atoms with E-state index in [0.29, 0.717) is 6.42 Å². The molecule has 82 valence electrons. The first-order valence-corrected chi connectivity index (χ1v) is 4.68. The van der Waals surface area contributed by atoms with Crippen molar-refractivity contribution in [3.63, 3.8) is 0 Å². The van der Waals surface area contributed by atoms with Gasteiger partial charge in [-0.15, -0.1) is 0 Å². The van der Waals surface area contributed by atoms with Crippen molar-refractivity contribution >= 4 is 5.78 Å². The van der Waals surface area contributed by atoms with Gasteiger partial charge in [-0.25, -0.2) is 8.78 Å². The molecule has 0 aromatic heterocycles. The average Bonchev–Trinajstić information content (AvgIpc) is 2.17. The monoisotopic (exact) mass is 213 g/mol. The van der Waals surface area contributed by atoms with Crippen LogP contribution in [0, 0.1) is 11.6 Å². The minimum absolute atomic E-state index is 0.319. The molecule has 2 N–H and O–H groups in total. The molecule has 1 aromatic rings. The van der Waals surface area contributed by atoms with Crippen molar-refractivity contribution < 1.29 is 13.6 Å². The molecular weight excluding hydrogens is 200 g/mol. The molecule has 0 aliphatic heterocycles. The van der Waals surface area contributed by atoms with E-state index in [1.54, 1.807) is 6.92 Å². The molecule has 0 heterocycles. The van der Waals surface area contributed by atoms with Gasteiger partial charge in [-0.1, -0.05) is 13.0 Å². The Balaban J connectivity index is 3.23. The van der Waals surface area contributed by atoms with E-state index in [9.17, 15) is 13.6 Å². The molecule has 0 saturated carbocycles. The van der Waals surface area contributed by atoms with Gasteiger partial charge in [0.05, 0.1) is 11.1 Å². The van der Waals surface area contributed by atoms with Crippen LogP contribution >= 0.6 is 0 Å². The quantitative estimate of drug-likeness (QED) is 0.783. The van der Waals surface area contributed by atoms with E-state index < -0.39 is 28.5 Å². The molecule has 1 atom stereocenters. The fraction of sp³-hybridized carbons (Fsp3) is 0.364. The van der Waals surface area contributed by atoms with Crippen LogP contribution < -0.4 is 5.73 Å². The number of nitrogens with two attached hydrogens (primary N) is 1. The van der Waals surface area contributed by atoms with Crippen LogP contribution in [0.3, 0.4) is 0 Å². The number of Topliss-reactive ketones (excluding diaryl/α,β-unsaturated/α-hetero) is 1. The van der Waals surface area contributed by atoms with E-state index in [0.717, 1.165) is 12.1 Å². The first kappa shape index (κ1) is 11.8. The molecule has 0 aliphatic carbocycles. The van der Waals surface area contributed by atoms with Crippen molar-refractivity contribution in [1.29, 1.82) is 0 Å². The number of halogens is 2. The molecule has 0 spiro atoms. The largest absolute Gasteiger partial charge is 0.319 e. The SMILES string of the molecule is CCC(C)(N)C(=O)c1c(F)cccc1F. The topological polar surface area (TPSA) is 43.1 Å². The summed E-state index contributed by atoms with van der Waals surface area (Å²) in [6, 6.07) is 3.30. The Kier molecular flexibility index (Phi) is 3.19. The van der Waals surface area contributed by atoms with Crippen LogP contribution in [0.25, 0.3) is 0 Å². The van der Waals surface area contributed by atoms with E-state index in [1.165, 1.54) is 13.0 Å². The first-order valence-electron chi connectivity index (χ1n) is 4.68. The van der Waals surface area contributed by atoms with Gasteiger partial charge in [0.25, 0.3) is 0 Å². The number of benzene rings is 1. The molecular formula is C11H13F2NO. The molecule has 1 aromatic carbocycles. The lowest BCUT2D eigenvalue weighted by molar-refractivity contribution is 0.0889. The highest BCUT2D eigenvalue weighted by molar-refractivity contribution is 6.03. The van der Waals surface area contributed by atoms with E-state index in [2.05, 4.69) is 0 Å². The smallest absolute Gasteiger partial charge is 0.188 e. The fourth-order valence-electron chi connectivity index (χ4n) is 1.16. The number of hydrogen-bond donors (Lipinski definition) is 1. The van der Waals surface area contributed by atoms with E-state index in [1.807, 2.05) is 0 Å². The predicted molar refractivity (Wildman–Crippen MR) is 53.6 cm³/mol. The third-order valence-corrected chi connectivity index (χ3v) is 2.44. The third kappa shape index (κ3) is 2.21. The van der Waals surface area contributed by atoms with Crippen LogP contribution in [0.5, 0.6) is 0 Å². The van der Waals surface area contributed by atoms with Crippen molar-refractivity contribution in [2.75, 3.05) is 0 Å². The Morgan fingerprint density at radius 3 is 2.27 bits per heavy atom. The van der Waals surface area contributed by atoms with Crippen molar-refractivity contribution in [3.8, 4) is 0 Å². The first-order chi connectivity index (χ1) is 6.90. The predicted octanol–water partition coefficient (Wildman–Crippen LogP) is 2.27. The summed E-state index contributed by atoms with van der Waals surface area (Å²) in [6.07, 6.45) is 0.319. The van der Waals surface area contributed by atoms with Crippen LogP contribution in [0.2, 0.25) is 0 Å². The van der Waals surface area contributed by atoms with Gasteiger partial charge < -0.3 is 5.73 Å². The third-order valence-electron chi connectivity index (χ3n) is 2.44.